The van der Waals surface area contributed by atoms with Crippen molar-refractivity contribution in [3.05, 3.63) is 0 Å². The van der Waals surface area contributed by atoms with Crippen LogP contribution in [0.5, 0.6) is 0 Å². The smallest absolute Gasteiger partial charge is 0.267 e. The maximum Gasteiger partial charge on any atom is 0.267 e. The molecule has 0 aromatic rings. The molecule has 0 aliphatic carbocycles. The third-order valence-corrected chi connectivity index (χ3v) is 5.68. The molecule has 0 saturated heterocycles. The van der Waals surface area contributed by atoms with E-state index in [-0.39, 0.29) is 39.2 Å². The number of phosphoric ester groups is 2. The summed E-state index contributed by atoms with van der Waals surface area (Å²) in [5, 5.41) is 0. The highest BCUT2D eigenvalue weighted by Gasteiger charge is 2.05. The molecule has 0 aliphatic heterocycles. The molecule has 0 aromatic carbocycles. The molecular weight excluding hydrogens is 425 g/mol. The number of rotatable bonds is 12. The van der Waals surface area contributed by atoms with Crippen LogP contribution in [0.15, 0.2) is 0 Å². The van der Waals surface area contributed by atoms with Gasteiger partial charge in [0.15, 0.2) is 0 Å². The third-order valence-electron chi connectivity index (χ3n) is 2.03. The lowest BCUT2D eigenvalue weighted by Gasteiger charge is -2.21. The van der Waals surface area contributed by atoms with Crippen molar-refractivity contribution < 1.29 is 51.0 Å². The van der Waals surface area contributed by atoms with Gasteiger partial charge in [-0.3, -0.25) is 9.13 Å². The number of hydrogen-bond donors (Lipinski definition) is 0. The molecular formula is C13H32O11P3-3. The molecule has 0 N–H and O–H groups in total. The largest absolute Gasteiger partial charge is 0.779 e. The Kier molecular flexibility index (Phi) is 21.8. The molecule has 0 fully saturated rings. The van der Waals surface area contributed by atoms with Crippen molar-refractivity contribution in [3.8, 4) is 0 Å². The van der Waals surface area contributed by atoms with E-state index >= 15 is 0 Å². The molecule has 0 spiro atoms. The van der Waals surface area contributed by atoms with Crippen molar-refractivity contribution >= 4 is 23.2 Å². The fourth-order valence-electron chi connectivity index (χ4n) is 1.04. The van der Waals surface area contributed by atoms with Crippen molar-refractivity contribution in [2.24, 2.45) is 0 Å². The molecule has 2 unspecified atom stereocenters. The van der Waals surface area contributed by atoms with Gasteiger partial charge in [0.1, 0.15) is 7.60 Å². The topological polar surface area (TPSA) is 167 Å². The zero-order valence-corrected chi connectivity index (χ0v) is 19.5. The average Bonchev–Trinajstić information content (AvgIpc) is 2.54. The summed E-state index contributed by atoms with van der Waals surface area (Å²) in [4.78, 5) is 31.4. The van der Waals surface area contributed by atoms with E-state index in [2.05, 4.69) is 22.6 Å². The lowest BCUT2D eigenvalue weighted by atomic mass is 10.5. The van der Waals surface area contributed by atoms with Crippen LogP contribution in [-0.2, 0) is 36.3 Å². The molecule has 0 saturated carbocycles. The van der Waals surface area contributed by atoms with Crippen molar-refractivity contribution in [3.63, 3.8) is 0 Å². The van der Waals surface area contributed by atoms with Crippen molar-refractivity contribution in [1.82, 2.24) is 0 Å². The molecule has 0 amide bonds. The van der Waals surface area contributed by atoms with Gasteiger partial charge in [0.05, 0.1) is 33.0 Å². The zero-order chi connectivity index (χ0) is 22.0. The van der Waals surface area contributed by atoms with E-state index in [9.17, 15) is 28.4 Å². The van der Waals surface area contributed by atoms with Gasteiger partial charge >= 0.3 is 0 Å². The molecule has 0 aromatic heterocycles. The first kappa shape index (κ1) is 32.0. The van der Waals surface area contributed by atoms with Gasteiger partial charge < -0.3 is 41.9 Å². The van der Waals surface area contributed by atoms with E-state index in [0.29, 0.717) is 6.42 Å². The van der Waals surface area contributed by atoms with Crippen molar-refractivity contribution in [2.45, 2.75) is 48.0 Å². The van der Waals surface area contributed by atoms with Crippen LogP contribution in [0, 0.1) is 0 Å². The molecule has 2 atom stereocenters. The van der Waals surface area contributed by atoms with Crippen LogP contribution in [0.25, 0.3) is 0 Å². The molecule has 14 heteroatoms. The Morgan fingerprint density at radius 3 is 1.15 bits per heavy atom. The minimum atomic E-state index is -3.96. The van der Waals surface area contributed by atoms with Crippen LogP contribution >= 0.6 is 23.2 Å². The van der Waals surface area contributed by atoms with Crippen LogP contribution in [0.1, 0.15) is 48.0 Å². The molecule has 27 heavy (non-hydrogen) atoms. The van der Waals surface area contributed by atoms with Crippen LogP contribution in [0.4, 0.5) is 0 Å². The van der Waals surface area contributed by atoms with E-state index in [0.717, 1.165) is 0 Å². The van der Waals surface area contributed by atoms with Gasteiger partial charge in [-0.2, -0.15) is 0 Å². The normalized spacial score (nSPS) is 15.4. The Morgan fingerprint density at radius 2 is 0.926 bits per heavy atom. The summed E-state index contributed by atoms with van der Waals surface area (Å²) in [5.41, 5.74) is 0. The SMILES string of the molecule is CCCOP(=O)([O-])OCC.CCOP(=O)([O-])CC.CCOP(=O)([O-])OCC. The number of phosphoric acid groups is 2. The van der Waals surface area contributed by atoms with Gasteiger partial charge in [-0.25, -0.2) is 0 Å². The molecule has 11 nitrogen and oxygen atoms in total. The molecule has 168 valence electrons. The van der Waals surface area contributed by atoms with Gasteiger partial charge in [-0.15, -0.1) is 0 Å². The van der Waals surface area contributed by atoms with Crippen LogP contribution in [0.2, 0.25) is 0 Å². The highest BCUT2D eigenvalue weighted by molar-refractivity contribution is 7.51. The van der Waals surface area contributed by atoms with E-state index in [1.165, 1.54) is 0 Å². The molecule has 0 heterocycles. The zero-order valence-electron chi connectivity index (χ0n) is 16.8. The Balaban J connectivity index is -0.000000322. The van der Waals surface area contributed by atoms with Gasteiger partial charge in [0.25, 0.3) is 15.6 Å². The second kappa shape index (κ2) is 18.4. The first-order valence-corrected chi connectivity index (χ1v) is 13.2. The second-order valence-corrected chi connectivity index (χ2v) is 9.26. The molecule has 0 rings (SSSR count). The summed E-state index contributed by atoms with van der Waals surface area (Å²) in [6, 6.07) is 0. The van der Waals surface area contributed by atoms with E-state index < -0.39 is 23.2 Å². The van der Waals surface area contributed by atoms with Crippen LogP contribution in [-0.4, -0.2) is 39.2 Å². The Morgan fingerprint density at radius 1 is 0.593 bits per heavy atom. The Bertz CT molecular complexity index is 462. The van der Waals surface area contributed by atoms with E-state index in [1.807, 2.05) is 6.92 Å². The van der Waals surface area contributed by atoms with Gasteiger partial charge in [-0.1, -0.05) is 13.8 Å². The number of hydrogen-bond acceptors (Lipinski definition) is 11. The highest BCUT2D eigenvalue weighted by atomic mass is 31.2. The van der Waals surface area contributed by atoms with Gasteiger partial charge in [0, 0.05) is 6.16 Å². The standard InChI is InChI=1S/C5H13O4P.C4H11O4P.C4H11O3P/c1-3-5-9-10(6,7)8-4-2;1-3-7-9(5,6)8-4-2;1-3-7-8(5,6)4-2/h3-5H2,1-2H3,(H,6,7);3-4H2,1-2H3,(H,5,6);3-4H2,1-2H3,(H,5,6)/p-3. The van der Waals surface area contributed by atoms with Gasteiger partial charge in [-0.05, 0) is 34.1 Å². The summed E-state index contributed by atoms with van der Waals surface area (Å²) < 4.78 is 53.0. The summed E-state index contributed by atoms with van der Waals surface area (Å²) in [6.07, 6.45) is 0.750. The second-order valence-electron chi connectivity index (χ2n) is 4.33. The Labute approximate surface area is 162 Å². The first-order valence-electron chi connectivity index (χ1n) is 8.51. The monoisotopic (exact) mass is 457 g/mol. The predicted octanol–water partition coefficient (Wildman–Crippen LogP) is 2.04. The first-order chi connectivity index (χ1) is 12.4. The maximum absolute atomic E-state index is 10.6. The molecule has 0 radical (unpaired) electrons. The van der Waals surface area contributed by atoms with Crippen molar-refractivity contribution in [1.29, 1.82) is 0 Å². The summed E-state index contributed by atoms with van der Waals surface area (Å²) >= 11 is 0. The average molecular weight is 457 g/mol. The summed E-state index contributed by atoms with van der Waals surface area (Å²) in [7, 11) is -11.3. The molecule has 0 aliphatic rings. The maximum atomic E-state index is 10.6. The minimum absolute atomic E-state index is 0.0842. The van der Waals surface area contributed by atoms with Gasteiger partial charge in [0.2, 0.25) is 0 Å². The highest BCUT2D eigenvalue weighted by Crippen LogP contribution is 2.38. The van der Waals surface area contributed by atoms with Crippen LogP contribution in [0.3, 0.4) is 0 Å². The lowest BCUT2D eigenvalue weighted by molar-refractivity contribution is -0.226. The summed E-state index contributed by atoms with van der Waals surface area (Å²) in [6.45, 7) is 10.6. The van der Waals surface area contributed by atoms with E-state index in [1.54, 1.807) is 34.6 Å². The Hall–Kier alpha value is 0.370. The molecule has 0 bridgehead atoms. The van der Waals surface area contributed by atoms with Crippen molar-refractivity contribution in [2.75, 3.05) is 39.2 Å². The summed E-state index contributed by atoms with van der Waals surface area (Å²) in [5.74, 6) is 0. The van der Waals surface area contributed by atoms with E-state index in [4.69, 9.17) is 0 Å². The fraction of sp³-hybridized carbons (Fsp3) is 1.00. The quantitative estimate of drug-likeness (QED) is 0.393. The minimum Gasteiger partial charge on any atom is -0.779 e. The third kappa shape index (κ3) is 26.4. The van der Waals surface area contributed by atoms with Crippen LogP contribution < -0.4 is 14.7 Å². The fourth-order valence-corrected chi connectivity index (χ4v) is 3.12. The predicted molar refractivity (Wildman–Crippen MR) is 96.1 cm³/mol. The lowest BCUT2D eigenvalue weighted by Crippen LogP contribution is -2.08.